The van der Waals surface area contributed by atoms with E-state index >= 15 is 0 Å². The summed E-state index contributed by atoms with van der Waals surface area (Å²) in [5.74, 6) is 2.88. The van der Waals surface area contributed by atoms with Crippen molar-refractivity contribution >= 4 is 5.91 Å². The molecule has 2 bridgehead atoms. The van der Waals surface area contributed by atoms with Crippen molar-refractivity contribution in [3.8, 4) is 0 Å². The van der Waals surface area contributed by atoms with E-state index in [-0.39, 0.29) is 6.04 Å². The van der Waals surface area contributed by atoms with E-state index in [0.717, 1.165) is 37.8 Å². The van der Waals surface area contributed by atoms with Gasteiger partial charge in [0.05, 0.1) is 0 Å². The number of hydrogen-bond acceptors (Lipinski definition) is 2. The molecule has 3 fully saturated rings. The molecule has 2 aliphatic carbocycles. The van der Waals surface area contributed by atoms with Gasteiger partial charge in [0.25, 0.3) is 0 Å². The largest absolute Gasteiger partial charge is 0.341 e. The lowest BCUT2D eigenvalue weighted by Gasteiger charge is -2.24. The van der Waals surface area contributed by atoms with Gasteiger partial charge in [0.2, 0.25) is 5.91 Å². The van der Waals surface area contributed by atoms with Gasteiger partial charge in [-0.05, 0) is 43.4 Å². The van der Waals surface area contributed by atoms with Crippen LogP contribution in [0, 0.1) is 17.8 Å². The lowest BCUT2D eigenvalue weighted by molar-refractivity contribution is -0.131. The Kier molecular flexibility index (Phi) is 2.66. The number of nitrogens with two attached hydrogens (primary N) is 1. The predicted octanol–water partition coefficient (Wildman–Crippen LogP) is 1.37. The molecular formula is C13H22N2O. The van der Waals surface area contributed by atoms with Crippen LogP contribution in [0.15, 0.2) is 0 Å². The van der Waals surface area contributed by atoms with Crippen LogP contribution in [-0.4, -0.2) is 29.9 Å². The molecule has 3 rings (SSSR count). The number of amides is 1. The van der Waals surface area contributed by atoms with E-state index in [0.29, 0.717) is 11.8 Å². The summed E-state index contributed by atoms with van der Waals surface area (Å²) in [5.41, 5.74) is 5.84. The molecule has 3 aliphatic rings. The molecule has 0 aromatic heterocycles. The summed E-state index contributed by atoms with van der Waals surface area (Å²) in [5, 5.41) is 0. The normalized spacial score (nSPS) is 41.9. The molecule has 1 aliphatic heterocycles. The highest BCUT2D eigenvalue weighted by atomic mass is 16.2. The maximum atomic E-state index is 12.1. The van der Waals surface area contributed by atoms with Crippen LogP contribution < -0.4 is 5.73 Å². The molecule has 1 saturated heterocycles. The van der Waals surface area contributed by atoms with Gasteiger partial charge in [-0.1, -0.05) is 6.42 Å². The third kappa shape index (κ3) is 1.86. The number of likely N-dealkylation sites (tertiary alicyclic amines) is 1. The molecule has 16 heavy (non-hydrogen) atoms. The Morgan fingerprint density at radius 2 is 2.12 bits per heavy atom. The Morgan fingerprint density at radius 3 is 2.69 bits per heavy atom. The molecule has 0 radical (unpaired) electrons. The first-order chi connectivity index (χ1) is 7.72. The van der Waals surface area contributed by atoms with Crippen LogP contribution in [0.1, 0.15) is 38.5 Å². The fourth-order valence-electron chi connectivity index (χ4n) is 3.99. The average Bonchev–Trinajstić information content (AvgIpc) is 2.92. The first kappa shape index (κ1) is 10.6. The number of carbonyl (C=O) groups is 1. The fourth-order valence-corrected chi connectivity index (χ4v) is 3.99. The van der Waals surface area contributed by atoms with Gasteiger partial charge < -0.3 is 10.6 Å². The summed E-state index contributed by atoms with van der Waals surface area (Å²) in [4.78, 5) is 14.1. The summed E-state index contributed by atoms with van der Waals surface area (Å²) in [6.07, 6.45) is 7.30. The van der Waals surface area contributed by atoms with Gasteiger partial charge in [-0.3, -0.25) is 4.79 Å². The van der Waals surface area contributed by atoms with E-state index in [9.17, 15) is 4.79 Å². The first-order valence-corrected chi connectivity index (χ1v) is 6.75. The van der Waals surface area contributed by atoms with Crippen LogP contribution in [0.2, 0.25) is 0 Å². The van der Waals surface area contributed by atoms with Crippen molar-refractivity contribution in [2.75, 3.05) is 13.1 Å². The number of nitrogens with zero attached hydrogens (tertiary/aromatic N) is 1. The number of carbonyl (C=O) groups excluding carboxylic acids is 1. The Morgan fingerprint density at radius 1 is 1.25 bits per heavy atom. The zero-order chi connectivity index (χ0) is 11.1. The van der Waals surface area contributed by atoms with Crippen molar-refractivity contribution in [1.82, 2.24) is 4.90 Å². The van der Waals surface area contributed by atoms with Crippen LogP contribution in [0.3, 0.4) is 0 Å². The van der Waals surface area contributed by atoms with Crippen LogP contribution >= 0.6 is 0 Å². The van der Waals surface area contributed by atoms with E-state index in [4.69, 9.17) is 5.73 Å². The van der Waals surface area contributed by atoms with Crippen molar-refractivity contribution in [2.45, 2.75) is 44.6 Å². The molecule has 0 aromatic rings. The van der Waals surface area contributed by atoms with E-state index in [2.05, 4.69) is 0 Å². The van der Waals surface area contributed by atoms with Crippen LogP contribution in [0.25, 0.3) is 0 Å². The Labute approximate surface area is 97.4 Å². The lowest BCUT2D eigenvalue weighted by atomic mass is 9.86. The van der Waals surface area contributed by atoms with Gasteiger partial charge in [0.15, 0.2) is 0 Å². The predicted molar refractivity (Wildman–Crippen MR) is 62.7 cm³/mol. The van der Waals surface area contributed by atoms with Crippen LogP contribution in [0.4, 0.5) is 0 Å². The highest BCUT2D eigenvalue weighted by Crippen LogP contribution is 2.49. The SMILES string of the molecule is NC1CCN(C(=O)CC2CC3CCC2C3)C1. The van der Waals surface area contributed by atoms with Gasteiger partial charge in [-0.15, -0.1) is 0 Å². The molecule has 0 aromatic carbocycles. The third-order valence-electron chi connectivity index (χ3n) is 4.90. The number of fused-ring (bicyclic) bond motifs is 2. The molecular weight excluding hydrogens is 200 g/mol. The average molecular weight is 222 g/mol. The second kappa shape index (κ2) is 4.02. The summed E-state index contributed by atoms with van der Waals surface area (Å²) in [7, 11) is 0. The molecule has 1 heterocycles. The maximum absolute atomic E-state index is 12.1. The smallest absolute Gasteiger partial charge is 0.222 e. The molecule has 3 heteroatoms. The molecule has 4 atom stereocenters. The molecule has 0 spiro atoms. The summed E-state index contributed by atoms with van der Waals surface area (Å²) in [6.45, 7) is 1.68. The van der Waals surface area contributed by atoms with Crippen molar-refractivity contribution < 1.29 is 4.79 Å². The minimum absolute atomic E-state index is 0.226. The van der Waals surface area contributed by atoms with Gasteiger partial charge in [-0.2, -0.15) is 0 Å². The summed E-state index contributed by atoms with van der Waals surface area (Å²) < 4.78 is 0. The molecule has 90 valence electrons. The molecule has 4 unspecified atom stereocenters. The molecule has 2 saturated carbocycles. The Balaban J connectivity index is 1.53. The standard InChI is InChI=1S/C13H22N2O/c14-12-3-4-15(8-12)13(16)7-11-6-9-1-2-10(11)5-9/h9-12H,1-8,14H2. The van der Waals surface area contributed by atoms with E-state index in [1.54, 1.807) is 0 Å². The maximum Gasteiger partial charge on any atom is 0.222 e. The second-order valence-electron chi connectivity index (χ2n) is 6.03. The van der Waals surface area contributed by atoms with Gasteiger partial charge in [-0.25, -0.2) is 0 Å². The fraction of sp³-hybridized carbons (Fsp3) is 0.923. The Bertz CT molecular complexity index is 292. The van der Waals surface area contributed by atoms with Gasteiger partial charge in [0.1, 0.15) is 0 Å². The van der Waals surface area contributed by atoms with E-state index < -0.39 is 0 Å². The summed E-state index contributed by atoms with van der Waals surface area (Å²) >= 11 is 0. The van der Waals surface area contributed by atoms with E-state index in [1.165, 1.54) is 25.7 Å². The quantitative estimate of drug-likeness (QED) is 0.767. The van der Waals surface area contributed by atoms with Gasteiger partial charge in [0, 0.05) is 25.6 Å². The van der Waals surface area contributed by atoms with Crippen LogP contribution in [0.5, 0.6) is 0 Å². The monoisotopic (exact) mass is 222 g/mol. The lowest BCUT2D eigenvalue weighted by Crippen LogP contribution is -2.33. The summed E-state index contributed by atoms with van der Waals surface area (Å²) in [6, 6.07) is 0.226. The highest BCUT2D eigenvalue weighted by molar-refractivity contribution is 5.76. The zero-order valence-electron chi connectivity index (χ0n) is 9.90. The van der Waals surface area contributed by atoms with E-state index in [1.807, 2.05) is 4.90 Å². The van der Waals surface area contributed by atoms with Crippen molar-refractivity contribution in [2.24, 2.45) is 23.5 Å². The van der Waals surface area contributed by atoms with Gasteiger partial charge >= 0.3 is 0 Å². The molecule has 2 N–H and O–H groups in total. The van der Waals surface area contributed by atoms with Crippen molar-refractivity contribution in [1.29, 1.82) is 0 Å². The second-order valence-corrected chi connectivity index (χ2v) is 6.03. The molecule has 1 amide bonds. The Hall–Kier alpha value is -0.570. The topological polar surface area (TPSA) is 46.3 Å². The third-order valence-corrected chi connectivity index (χ3v) is 4.90. The zero-order valence-corrected chi connectivity index (χ0v) is 9.90. The molecule has 3 nitrogen and oxygen atoms in total. The minimum atomic E-state index is 0.226. The number of hydrogen-bond donors (Lipinski definition) is 1. The first-order valence-electron chi connectivity index (χ1n) is 6.75. The number of rotatable bonds is 2. The van der Waals surface area contributed by atoms with Crippen LogP contribution in [-0.2, 0) is 4.79 Å². The minimum Gasteiger partial charge on any atom is -0.341 e. The van der Waals surface area contributed by atoms with Crippen molar-refractivity contribution in [3.05, 3.63) is 0 Å². The highest BCUT2D eigenvalue weighted by Gasteiger charge is 2.40. The van der Waals surface area contributed by atoms with Crippen molar-refractivity contribution in [3.63, 3.8) is 0 Å².